The van der Waals surface area contributed by atoms with Gasteiger partial charge in [0.25, 0.3) is 5.91 Å². The molecule has 5 atom stereocenters. The maximum atomic E-state index is 14.3. The van der Waals surface area contributed by atoms with Gasteiger partial charge in [-0.1, -0.05) is 66.4 Å². The highest BCUT2D eigenvalue weighted by molar-refractivity contribution is 7.88. The summed E-state index contributed by atoms with van der Waals surface area (Å²) in [6.07, 6.45) is 5.56. The van der Waals surface area contributed by atoms with E-state index >= 15 is 0 Å². The lowest BCUT2D eigenvalue weighted by Crippen LogP contribution is -2.59. The Labute approximate surface area is 250 Å². The molecule has 1 aliphatic carbocycles. The van der Waals surface area contributed by atoms with Gasteiger partial charge in [-0.2, -0.15) is 0 Å². The Bertz CT molecular complexity index is 1550. The van der Waals surface area contributed by atoms with E-state index in [0.29, 0.717) is 45.3 Å². The third-order valence-corrected chi connectivity index (χ3v) is 9.18. The average Bonchev–Trinajstić information content (AvgIpc) is 2.93. The number of carbonyl (C=O) groups is 2. The summed E-state index contributed by atoms with van der Waals surface area (Å²) in [5.41, 5.74) is 2.25. The van der Waals surface area contributed by atoms with Crippen molar-refractivity contribution in [2.75, 3.05) is 6.26 Å². The molecule has 1 unspecified atom stereocenters. The summed E-state index contributed by atoms with van der Waals surface area (Å²) in [7, 11) is -3.56. The predicted molar refractivity (Wildman–Crippen MR) is 159 cm³/mol. The van der Waals surface area contributed by atoms with Crippen molar-refractivity contribution >= 4 is 45.0 Å². The number of nitrogens with one attached hydrogen (secondary N) is 2. The van der Waals surface area contributed by atoms with Crippen LogP contribution in [0.25, 0.3) is 0 Å². The van der Waals surface area contributed by atoms with E-state index in [1.54, 1.807) is 53.6 Å². The molecule has 0 radical (unpaired) electrons. The average molecular weight is 616 g/mol. The van der Waals surface area contributed by atoms with Gasteiger partial charge in [0.15, 0.2) is 0 Å². The normalized spacial score (nSPS) is 23.5. The van der Waals surface area contributed by atoms with Crippen molar-refractivity contribution in [2.24, 2.45) is 0 Å². The van der Waals surface area contributed by atoms with E-state index in [-0.39, 0.29) is 11.8 Å². The van der Waals surface area contributed by atoms with Gasteiger partial charge >= 0.3 is 0 Å². The number of fused-ring (bicyclic) bond motifs is 1. The van der Waals surface area contributed by atoms with Gasteiger partial charge in [-0.25, -0.2) is 13.1 Å². The van der Waals surface area contributed by atoms with Crippen LogP contribution in [-0.4, -0.2) is 48.5 Å². The highest BCUT2D eigenvalue weighted by atomic mass is 35.5. The molecule has 2 aromatic carbocycles. The highest BCUT2D eigenvalue weighted by Crippen LogP contribution is 2.48. The first-order valence-corrected chi connectivity index (χ1v) is 16.2. The van der Waals surface area contributed by atoms with Crippen LogP contribution >= 0.6 is 23.2 Å². The molecule has 2 N–H and O–H groups in total. The Morgan fingerprint density at radius 1 is 1.02 bits per heavy atom. The standard InChI is InChI=1S/C30H32Cl2N4O4S/c1-18(24-11-7-8-16-33-24)34-29(37)27-20-9-3-4-10-21(20)30(38)36(28(27)22-15-14-19(31)17-23(22)32)26-13-6-5-12-25(26)35-41(2,39)40/h3-4,7-11,14-18,25-28,35H,5-6,12-13H2,1-2H3,(H,34,37)/t18?,25-,26-,27+,28-/m0/s1. The number of aromatic nitrogens is 1. The first-order valence-electron chi connectivity index (χ1n) is 13.6. The zero-order valence-electron chi connectivity index (χ0n) is 22.8. The van der Waals surface area contributed by atoms with Gasteiger partial charge in [0, 0.05) is 33.9 Å². The van der Waals surface area contributed by atoms with Crippen LogP contribution in [0.5, 0.6) is 0 Å². The molecule has 2 aliphatic rings. The van der Waals surface area contributed by atoms with Crippen molar-refractivity contribution in [3.05, 3.63) is 99.3 Å². The van der Waals surface area contributed by atoms with Crippen molar-refractivity contribution in [3.8, 4) is 0 Å². The SMILES string of the molecule is CC(NC(=O)[C@@H]1c2ccccc2C(=O)N([C@H]2CCCC[C@@H]2NS(C)(=O)=O)[C@H]1c1ccc(Cl)cc1Cl)c1ccccn1. The monoisotopic (exact) mass is 614 g/mol. The third-order valence-electron chi connectivity index (χ3n) is 7.88. The summed E-state index contributed by atoms with van der Waals surface area (Å²) in [6, 6.07) is 15.4. The molecule has 1 aromatic heterocycles. The molecular weight excluding hydrogens is 583 g/mol. The molecule has 1 aliphatic heterocycles. The molecule has 216 valence electrons. The molecule has 0 bridgehead atoms. The largest absolute Gasteiger partial charge is 0.347 e. The lowest BCUT2D eigenvalue weighted by Gasteiger charge is -2.49. The highest BCUT2D eigenvalue weighted by Gasteiger charge is 2.49. The van der Waals surface area contributed by atoms with Crippen LogP contribution in [0.4, 0.5) is 0 Å². The van der Waals surface area contributed by atoms with Gasteiger partial charge in [-0.15, -0.1) is 0 Å². The van der Waals surface area contributed by atoms with Crippen molar-refractivity contribution in [1.29, 1.82) is 0 Å². The summed E-state index contributed by atoms with van der Waals surface area (Å²) in [5.74, 6) is -1.41. The number of carbonyl (C=O) groups excluding carboxylic acids is 2. The van der Waals surface area contributed by atoms with Gasteiger partial charge in [-0.05, 0) is 61.2 Å². The van der Waals surface area contributed by atoms with Gasteiger partial charge < -0.3 is 10.2 Å². The minimum atomic E-state index is -3.56. The summed E-state index contributed by atoms with van der Waals surface area (Å²) in [6.45, 7) is 1.86. The topological polar surface area (TPSA) is 108 Å². The number of hydrogen-bond donors (Lipinski definition) is 2. The molecule has 1 saturated carbocycles. The van der Waals surface area contributed by atoms with Crippen LogP contribution in [0.3, 0.4) is 0 Å². The number of pyridine rings is 1. The van der Waals surface area contributed by atoms with E-state index in [0.717, 1.165) is 19.1 Å². The van der Waals surface area contributed by atoms with Crippen LogP contribution < -0.4 is 10.0 Å². The maximum absolute atomic E-state index is 14.3. The quantitative estimate of drug-likeness (QED) is 0.370. The molecule has 8 nitrogen and oxygen atoms in total. The second kappa shape index (κ2) is 12.1. The van der Waals surface area contributed by atoms with Gasteiger partial charge in [0.2, 0.25) is 15.9 Å². The molecule has 5 rings (SSSR count). The fraction of sp³-hybridized carbons (Fsp3) is 0.367. The second-order valence-electron chi connectivity index (χ2n) is 10.7. The number of amides is 2. The van der Waals surface area contributed by atoms with E-state index in [9.17, 15) is 18.0 Å². The van der Waals surface area contributed by atoms with Crippen LogP contribution in [0, 0.1) is 0 Å². The van der Waals surface area contributed by atoms with Crippen LogP contribution in [0.2, 0.25) is 10.0 Å². The molecule has 2 amide bonds. The smallest absolute Gasteiger partial charge is 0.255 e. The number of benzene rings is 2. The van der Waals surface area contributed by atoms with Crippen molar-refractivity contribution < 1.29 is 18.0 Å². The van der Waals surface area contributed by atoms with Crippen molar-refractivity contribution in [2.45, 2.75) is 62.7 Å². The predicted octanol–water partition coefficient (Wildman–Crippen LogP) is 5.41. The Morgan fingerprint density at radius 2 is 1.76 bits per heavy atom. The van der Waals surface area contributed by atoms with Crippen LogP contribution in [0.15, 0.2) is 66.9 Å². The molecule has 0 saturated heterocycles. The number of nitrogens with zero attached hydrogens (tertiary/aromatic N) is 2. The van der Waals surface area contributed by atoms with Gasteiger partial charge in [0.1, 0.15) is 0 Å². The first-order chi connectivity index (χ1) is 19.5. The van der Waals surface area contributed by atoms with Crippen LogP contribution in [-0.2, 0) is 14.8 Å². The lowest BCUT2D eigenvalue weighted by molar-refractivity contribution is -0.125. The molecule has 3 aromatic rings. The molecule has 11 heteroatoms. The summed E-state index contributed by atoms with van der Waals surface area (Å²) < 4.78 is 27.5. The zero-order valence-corrected chi connectivity index (χ0v) is 25.1. The van der Waals surface area contributed by atoms with Crippen molar-refractivity contribution in [1.82, 2.24) is 19.9 Å². The van der Waals surface area contributed by atoms with Gasteiger partial charge in [0.05, 0.1) is 30.0 Å². The Kier molecular flexibility index (Phi) is 8.70. The van der Waals surface area contributed by atoms with E-state index in [2.05, 4.69) is 15.0 Å². The second-order valence-corrected chi connectivity index (χ2v) is 13.3. The minimum absolute atomic E-state index is 0.273. The molecular formula is C30H32Cl2N4O4S. The summed E-state index contributed by atoms with van der Waals surface area (Å²) >= 11 is 13.0. The van der Waals surface area contributed by atoms with Crippen LogP contribution in [0.1, 0.15) is 77.8 Å². The number of rotatable bonds is 7. The van der Waals surface area contributed by atoms with Gasteiger partial charge in [-0.3, -0.25) is 14.6 Å². The number of hydrogen-bond acceptors (Lipinski definition) is 5. The lowest BCUT2D eigenvalue weighted by atomic mass is 9.76. The first kappa shape index (κ1) is 29.5. The molecule has 1 fully saturated rings. The molecule has 41 heavy (non-hydrogen) atoms. The van der Waals surface area contributed by atoms with Crippen molar-refractivity contribution in [3.63, 3.8) is 0 Å². The van der Waals surface area contributed by atoms with E-state index in [1.807, 2.05) is 25.1 Å². The Morgan fingerprint density at radius 3 is 2.46 bits per heavy atom. The summed E-state index contributed by atoms with van der Waals surface area (Å²) in [5, 5.41) is 3.85. The fourth-order valence-corrected chi connectivity index (χ4v) is 7.48. The Balaban J connectivity index is 1.67. The molecule has 2 heterocycles. The van der Waals surface area contributed by atoms with E-state index < -0.39 is 40.1 Å². The maximum Gasteiger partial charge on any atom is 0.255 e. The van der Waals surface area contributed by atoms with E-state index in [4.69, 9.17) is 23.2 Å². The fourth-order valence-electron chi connectivity index (χ4n) is 6.14. The van der Waals surface area contributed by atoms with E-state index in [1.165, 1.54) is 0 Å². The molecule has 0 spiro atoms. The Hall–Kier alpha value is -2.98. The summed E-state index contributed by atoms with van der Waals surface area (Å²) in [4.78, 5) is 34.7. The number of sulfonamides is 1. The minimum Gasteiger partial charge on any atom is -0.347 e. The third kappa shape index (κ3) is 6.28. The number of halogens is 2. The zero-order chi connectivity index (χ0) is 29.3.